The maximum Gasteiger partial charge on any atom is 0.245 e. The molecule has 1 heterocycles. The lowest BCUT2D eigenvalue weighted by Crippen LogP contribution is -2.60. The Hall–Kier alpha value is -10.2. The fourth-order valence-corrected chi connectivity index (χ4v) is 10.6. The van der Waals surface area contributed by atoms with Crippen molar-refractivity contribution in [2.75, 3.05) is 19.6 Å². The summed E-state index contributed by atoms with van der Waals surface area (Å²) in [6, 6.07) is 16.3. The first-order valence-corrected chi connectivity index (χ1v) is 30.8. The van der Waals surface area contributed by atoms with E-state index < -0.39 is 133 Å². The minimum absolute atomic E-state index is 0.00442. The Morgan fingerprint density at radius 1 is 0.527 bits per heavy atom. The number of aromatic hydroxyl groups is 1. The van der Waals surface area contributed by atoms with Crippen LogP contribution in [0.3, 0.4) is 0 Å². The number of rotatable bonds is 36. The number of guanidine groups is 2. The van der Waals surface area contributed by atoms with E-state index >= 15 is 0 Å². The first-order chi connectivity index (χ1) is 44.2. The third-order valence-corrected chi connectivity index (χ3v) is 15.6. The number of carbonyl (C=O) groups excluding carboxylic acids is 12. The molecule has 1 aliphatic heterocycles. The standard InChI is InChI=1S/C62H80IN17O13/c1-34(81)73-45(31-36-18-21-39(22-19-36)52(85)38-13-6-3-7-14-38)56(89)78-46(30-35-11-4-2-5-12-35)57(90)74-42(23-25-50(64)83)55(88)79-47(33-51(65)84)58(91)76-43(16-9-27-72-62(69)70)60(93)80-28-10-17-48(80)59(92)75-41(15-8-26-71-61(67)68)54(87)77-44(53(66)86)32-37-20-24-49(82)40(63)29-37/h2-7,11-14,18-22,24,29,41-48,82H,8-10,15-17,23,25-28,30-33H2,1H3,(H2,64,83)(H2,65,84)(H2,66,86)(H,73,81)(H,74,90)(H,75,92)(H,76,91)(H,77,87)(H,78,89)(H,79,88)(H4,67,68,71)(H4,69,70,72)/t41-,42-,43-,44-,45-,46-,47-,48-/m0/s1. The molecule has 31 heteroatoms. The average molecular weight is 1400 g/mol. The van der Waals surface area contributed by atoms with Gasteiger partial charge >= 0.3 is 0 Å². The zero-order chi connectivity index (χ0) is 68.3. The number of aliphatic imine (C=N–C) groups is 2. The van der Waals surface area contributed by atoms with Crippen molar-refractivity contribution in [3.8, 4) is 5.75 Å². The van der Waals surface area contributed by atoms with Crippen molar-refractivity contribution >= 4 is 105 Å². The van der Waals surface area contributed by atoms with Crippen LogP contribution in [0.5, 0.6) is 5.75 Å². The largest absolute Gasteiger partial charge is 0.507 e. The second-order valence-electron chi connectivity index (χ2n) is 22.1. The molecule has 4 aromatic rings. The van der Waals surface area contributed by atoms with Crippen molar-refractivity contribution in [2.45, 2.75) is 132 Å². The number of halogens is 1. The summed E-state index contributed by atoms with van der Waals surface area (Å²) in [4.78, 5) is 173. The van der Waals surface area contributed by atoms with Crippen molar-refractivity contribution in [1.29, 1.82) is 0 Å². The lowest BCUT2D eigenvalue weighted by molar-refractivity contribution is -0.143. The molecule has 22 N–H and O–H groups in total. The molecule has 8 atom stereocenters. The summed E-state index contributed by atoms with van der Waals surface area (Å²) in [5.74, 6) is -10.7. The van der Waals surface area contributed by atoms with Gasteiger partial charge in [0.15, 0.2) is 17.7 Å². The van der Waals surface area contributed by atoms with Gasteiger partial charge in [0.05, 0.1) is 9.99 Å². The van der Waals surface area contributed by atoms with E-state index in [0.717, 1.165) is 0 Å². The van der Waals surface area contributed by atoms with Gasteiger partial charge in [-0.1, -0.05) is 91.0 Å². The maximum absolute atomic E-state index is 14.8. The molecule has 1 aliphatic rings. The number of phenolic OH excluding ortho intramolecular Hbond substituents is 1. The van der Waals surface area contributed by atoms with Crippen LogP contribution in [0, 0.1) is 3.57 Å². The Bertz CT molecular complexity index is 3390. The molecule has 498 valence electrons. The Morgan fingerprint density at radius 3 is 1.54 bits per heavy atom. The number of benzene rings is 4. The molecular weight excluding hydrogens is 1320 g/mol. The van der Waals surface area contributed by atoms with Crippen LogP contribution >= 0.6 is 22.6 Å². The number of likely N-dealkylation sites (tertiary alicyclic amines) is 1. The number of primary amides is 3. The minimum atomic E-state index is -1.86. The van der Waals surface area contributed by atoms with Gasteiger partial charge in [0.1, 0.15) is 54.1 Å². The Labute approximate surface area is 549 Å². The third kappa shape index (κ3) is 24.5. The van der Waals surface area contributed by atoms with Crippen LogP contribution in [0.4, 0.5) is 0 Å². The molecule has 93 heavy (non-hydrogen) atoms. The Morgan fingerprint density at radius 2 is 0.989 bits per heavy atom. The third-order valence-electron chi connectivity index (χ3n) is 14.7. The second-order valence-corrected chi connectivity index (χ2v) is 23.2. The maximum atomic E-state index is 14.8. The second kappa shape index (κ2) is 36.6. The van der Waals surface area contributed by atoms with E-state index in [1.54, 1.807) is 97.1 Å². The highest BCUT2D eigenvalue weighted by molar-refractivity contribution is 14.1. The Balaban J connectivity index is 1.37. The van der Waals surface area contributed by atoms with Gasteiger partial charge in [-0.25, -0.2) is 0 Å². The molecule has 0 aliphatic carbocycles. The predicted molar refractivity (Wildman–Crippen MR) is 350 cm³/mol. The summed E-state index contributed by atoms with van der Waals surface area (Å²) < 4.78 is 0.474. The Kier molecular flexibility index (Phi) is 28.9. The highest BCUT2D eigenvalue weighted by atomic mass is 127. The summed E-state index contributed by atoms with van der Waals surface area (Å²) in [5, 5.41) is 28.1. The molecule has 0 unspecified atom stereocenters. The van der Waals surface area contributed by atoms with Crippen LogP contribution in [-0.2, 0) is 72.0 Å². The highest BCUT2D eigenvalue weighted by Crippen LogP contribution is 2.23. The van der Waals surface area contributed by atoms with Crippen LogP contribution in [0.2, 0.25) is 0 Å². The number of nitrogens with one attached hydrogen (secondary N) is 7. The number of amides is 11. The number of phenols is 1. The summed E-state index contributed by atoms with van der Waals surface area (Å²) in [5.41, 5.74) is 41.4. The minimum Gasteiger partial charge on any atom is -0.507 e. The van der Waals surface area contributed by atoms with E-state index in [1.807, 2.05) is 22.6 Å². The van der Waals surface area contributed by atoms with Gasteiger partial charge in [-0.15, -0.1) is 0 Å². The van der Waals surface area contributed by atoms with Gasteiger partial charge in [-0.05, 0) is 96.4 Å². The quantitative estimate of drug-likeness (QED) is 0.00730. The van der Waals surface area contributed by atoms with E-state index in [0.29, 0.717) is 31.4 Å². The van der Waals surface area contributed by atoms with Crippen molar-refractivity contribution < 1.29 is 62.6 Å². The monoisotopic (exact) mass is 1400 g/mol. The average Bonchev–Trinajstić information content (AvgIpc) is 1.88. The molecule has 1 saturated heterocycles. The number of hydrogen-bond donors (Lipinski definition) is 15. The van der Waals surface area contributed by atoms with Crippen molar-refractivity contribution in [1.82, 2.24) is 42.1 Å². The first kappa shape index (κ1) is 73.5. The molecule has 0 saturated carbocycles. The van der Waals surface area contributed by atoms with Gasteiger partial charge in [0.25, 0.3) is 0 Å². The van der Waals surface area contributed by atoms with Crippen molar-refractivity contribution in [3.05, 3.63) is 135 Å². The number of nitrogens with zero attached hydrogens (tertiary/aromatic N) is 3. The summed E-state index contributed by atoms with van der Waals surface area (Å²) in [7, 11) is 0. The molecule has 5 rings (SSSR count). The molecule has 30 nitrogen and oxygen atoms in total. The van der Waals surface area contributed by atoms with Gasteiger partial charge in [0, 0.05) is 63.4 Å². The molecule has 0 radical (unpaired) electrons. The fourth-order valence-electron chi connectivity index (χ4n) is 10.1. The van der Waals surface area contributed by atoms with Gasteiger partial charge in [0.2, 0.25) is 65.0 Å². The van der Waals surface area contributed by atoms with Crippen molar-refractivity contribution in [2.24, 2.45) is 50.1 Å². The molecule has 0 aromatic heterocycles. The summed E-state index contributed by atoms with van der Waals surface area (Å²) >= 11 is 1.90. The van der Waals surface area contributed by atoms with E-state index in [1.165, 1.54) is 17.9 Å². The summed E-state index contributed by atoms with van der Waals surface area (Å²) in [6.07, 6.45) is -1.90. The molecule has 1 fully saturated rings. The number of carbonyl (C=O) groups is 12. The topological polar surface area (TPSA) is 519 Å². The van der Waals surface area contributed by atoms with Gasteiger partial charge in [-0.3, -0.25) is 67.5 Å². The highest BCUT2D eigenvalue weighted by Gasteiger charge is 2.41. The van der Waals surface area contributed by atoms with Gasteiger partial charge in [-0.2, -0.15) is 0 Å². The van der Waals surface area contributed by atoms with Crippen LogP contribution in [0.25, 0.3) is 0 Å². The normalized spacial score (nSPS) is 14.7. The van der Waals surface area contributed by atoms with Crippen molar-refractivity contribution in [3.63, 3.8) is 0 Å². The number of hydrogen-bond acceptors (Lipinski definition) is 15. The molecular formula is C62H80IN17O13. The fraction of sp³-hybridized carbons (Fsp3) is 0.387. The van der Waals surface area contributed by atoms with E-state index in [-0.39, 0.29) is 101 Å². The zero-order valence-electron chi connectivity index (χ0n) is 51.1. The molecule has 0 spiro atoms. The number of ketones is 1. The smallest absolute Gasteiger partial charge is 0.245 e. The first-order valence-electron chi connectivity index (χ1n) is 29.8. The molecule has 11 amide bonds. The van der Waals surface area contributed by atoms with Gasteiger partial charge < -0.3 is 87.4 Å². The predicted octanol–water partition coefficient (Wildman–Crippen LogP) is -2.61. The lowest BCUT2D eigenvalue weighted by atomic mass is 9.98. The van der Waals surface area contributed by atoms with E-state index in [9.17, 15) is 62.6 Å². The van der Waals surface area contributed by atoms with Crippen LogP contribution < -0.4 is 77.4 Å². The SMILES string of the molecule is CC(=O)N[C@@H](Cc1ccc(C(=O)c2ccccc2)cc1)C(=O)N[C@@H](Cc1ccccc1)C(=O)N[C@@H](CCC(N)=O)C(=O)N[C@@H](CC(N)=O)C(=O)N[C@@H](CCCN=C(N)N)C(=O)N1CCC[C@H]1C(=O)N[C@@H](CCCN=C(N)N)C(=O)N[C@@H](Cc1ccc(O)c(I)c1)C(N)=O. The molecule has 0 bridgehead atoms. The van der Waals surface area contributed by atoms with Crippen LogP contribution in [0.1, 0.15) is 97.3 Å². The van der Waals surface area contributed by atoms with Crippen LogP contribution in [0.15, 0.2) is 113 Å². The van der Waals surface area contributed by atoms with E-state index in [4.69, 9.17) is 40.1 Å². The number of nitrogens with two attached hydrogens (primary N) is 7. The van der Waals surface area contributed by atoms with Crippen LogP contribution in [-0.4, -0.2) is 161 Å². The summed E-state index contributed by atoms with van der Waals surface area (Å²) in [6.45, 7) is 1.16. The zero-order valence-corrected chi connectivity index (χ0v) is 53.3. The molecule has 4 aromatic carbocycles. The van der Waals surface area contributed by atoms with E-state index in [2.05, 4.69) is 47.2 Å². The lowest BCUT2D eigenvalue weighted by Gasteiger charge is -2.31.